The molecule has 0 aromatic carbocycles. The van der Waals surface area contributed by atoms with Crippen LogP contribution in [-0.2, 0) is 11.8 Å². The summed E-state index contributed by atoms with van der Waals surface area (Å²) < 4.78 is 1.77. The first-order valence-electron chi connectivity index (χ1n) is 9.46. The van der Waals surface area contributed by atoms with Gasteiger partial charge in [0.2, 0.25) is 5.91 Å². The van der Waals surface area contributed by atoms with Gasteiger partial charge in [0, 0.05) is 48.0 Å². The third-order valence-corrected chi connectivity index (χ3v) is 5.80. The van der Waals surface area contributed by atoms with Gasteiger partial charge in [-0.25, -0.2) is 4.98 Å². The summed E-state index contributed by atoms with van der Waals surface area (Å²) in [5, 5.41) is 8.12. The molecule has 2 saturated heterocycles. The number of anilines is 1. The zero-order valence-electron chi connectivity index (χ0n) is 15.3. The maximum absolute atomic E-state index is 12.5. The first-order valence-corrected chi connectivity index (χ1v) is 9.46. The van der Waals surface area contributed by atoms with Crippen LogP contribution in [0.15, 0.2) is 36.9 Å². The Morgan fingerprint density at radius 3 is 2.56 bits per heavy atom. The fourth-order valence-electron chi connectivity index (χ4n) is 4.45. The van der Waals surface area contributed by atoms with E-state index < -0.39 is 0 Å². The lowest BCUT2D eigenvalue weighted by Gasteiger charge is -2.20. The summed E-state index contributed by atoms with van der Waals surface area (Å²) in [5.74, 6) is 0.584. The second-order valence-corrected chi connectivity index (χ2v) is 7.57. The second-order valence-electron chi connectivity index (χ2n) is 7.57. The normalized spacial score (nSPS) is 21.8. The van der Waals surface area contributed by atoms with E-state index in [-0.39, 0.29) is 5.91 Å². The van der Waals surface area contributed by atoms with Gasteiger partial charge in [0.1, 0.15) is 5.82 Å². The van der Waals surface area contributed by atoms with Crippen LogP contribution in [0.4, 0.5) is 5.82 Å². The molecule has 2 aliphatic rings. The first-order chi connectivity index (χ1) is 13.2. The van der Waals surface area contributed by atoms with Gasteiger partial charge in [-0.15, -0.1) is 0 Å². The minimum Gasteiger partial charge on any atom is -0.310 e. The number of rotatable bonds is 4. The molecular formula is C20H22N6O. The highest BCUT2D eigenvalue weighted by Crippen LogP contribution is 2.36. The van der Waals surface area contributed by atoms with Crippen molar-refractivity contribution in [2.75, 3.05) is 11.9 Å². The molecule has 2 bridgehead atoms. The zero-order valence-corrected chi connectivity index (χ0v) is 15.3. The van der Waals surface area contributed by atoms with Crippen LogP contribution in [0.2, 0.25) is 0 Å². The molecule has 27 heavy (non-hydrogen) atoms. The van der Waals surface area contributed by atoms with Crippen molar-refractivity contribution < 1.29 is 4.79 Å². The minimum absolute atomic E-state index is 0.0111. The van der Waals surface area contributed by atoms with Gasteiger partial charge in [-0.05, 0) is 37.8 Å². The predicted octanol–water partition coefficient (Wildman–Crippen LogP) is 2.60. The number of nitrogens with zero attached hydrogens (tertiary/aromatic N) is 5. The highest BCUT2D eigenvalue weighted by molar-refractivity contribution is 5.94. The summed E-state index contributed by atoms with van der Waals surface area (Å²) in [6.45, 7) is 0.461. The molecule has 0 radical (unpaired) electrons. The van der Waals surface area contributed by atoms with Crippen molar-refractivity contribution in [2.24, 2.45) is 7.05 Å². The Morgan fingerprint density at radius 1 is 1.07 bits per heavy atom. The van der Waals surface area contributed by atoms with Gasteiger partial charge in [-0.3, -0.25) is 19.4 Å². The van der Waals surface area contributed by atoms with Crippen molar-refractivity contribution in [3.63, 3.8) is 0 Å². The van der Waals surface area contributed by atoms with Crippen LogP contribution in [0.5, 0.6) is 0 Å². The van der Waals surface area contributed by atoms with E-state index in [9.17, 15) is 4.79 Å². The SMILES string of the molecule is Cn1cc(-c2cnc3cnc(NC(=O)CN4C5CCC4CC5)cc3c2)cn1. The molecular weight excluding hydrogens is 340 g/mol. The third-order valence-electron chi connectivity index (χ3n) is 5.80. The van der Waals surface area contributed by atoms with Crippen molar-refractivity contribution in [1.82, 2.24) is 24.6 Å². The number of pyridine rings is 2. The molecule has 3 aromatic rings. The molecule has 7 heteroatoms. The lowest BCUT2D eigenvalue weighted by Crippen LogP contribution is -2.36. The van der Waals surface area contributed by atoms with Crippen molar-refractivity contribution in [1.29, 1.82) is 0 Å². The van der Waals surface area contributed by atoms with Gasteiger partial charge in [-0.2, -0.15) is 5.10 Å². The summed E-state index contributed by atoms with van der Waals surface area (Å²) in [6.07, 6.45) is 12.2. The average molecular weight is 362 g/mol. The summed E-state index contributed by atoms with van der Waals surface area (Å²) in [7, 11) is 1.89. The fourth-order valence-corrected chi connectivity index (χ4v) is 4.45. The topological polar surface area (TPSA) is 75.9 Å². The number of fused-ring (bicyclic) bond motifs is 3. The van der Waals surface area contributed by atoms with E-state index in [1.807, 2.05) is 31.7 Å². The van der Waals surface area contributed by atoms with Crippen LogP contribution < -0.4 is 5.32 Å². The van der Waals surface area contributed by atoms with Gasteiger partial charge >= 0.3 is 0 Å². The Kier molecular flexibility index (Phi) is 3.89. The molecule has 138 valence electrons. The van der Waals surface area contributed by atoms with Crippen molar-refractivity contribution in [2.45, 2.75) is 37.8 Å². The van der Waals surface area contributed by atoms with E-state index in [1.165, 1.54) is 25.7 Å². The molecule has 1 amide bonds. The van der Waals surface area contributed by atoms with Gasteiger partial charge < -0.3 is 5.32 Å². The fraction of sp³-hybridized carbons (Fsp3) is 0.400. The van der Waals surface area contributed by atoms with Gasteiger partial charge in [0.15, 0.2) is 0 Å². The number of carbonyl (C=O) groups excluding carboxylic acids is 1. The highest BCUT2D eigenvalue weighted by atomic mass is 16.2. The van der Waals surface area contributed by atoms with Crippen LogP contribution in [-0.4, -0.2) is 49.2 Å². The van der Waals surface area contributed by atoms with Gasteiger partial charge in [-0.1, -0.05) is 0 Å². The molecule has 0 unspecified atom stereocenters. The van der Waals surface area contributed by atoms with E-state index in [0.717, 1.165) is 22.0 Å². The molecule has 7 nitrogen and oxygen atoms in total. The number of hydrogen-bond donors (Lipinski definition) is 1. The molecule has 5 heterocycles. The lowest BCUT2D eigenvalue weighted by atomic mass is 10.0. The largest absolute Gasteiger partial charge is 0.310 e. The van der Waals surface area contributed by atoms with E-state index in [2.05, 4.69) is 31.3 Å². The molecule has 5 rings (SSSR count). The molecule has 0 spiro atoms. The van der Waals surface area contributed by atoms with Crippen molar-refractivity contribution in [3.05, 3.63) is 36.9 Å². The van der Waals surface area contributed by atoms with Crippen LogP contribution in [0.3, 0.4) is 0 Å². The third kappa shape index (κ3) is 3.08. The number of amides is 1. The Hall–Kier alpha value is -2.80. The molecule has 1 N–H and O–H groups in total. The standard InChI is InChI=1S/C20H22N6O/c1-25-11-15(9-23-25)14-6-13-7-19(22-10-18(13)21-8-14)24-20(27)12-26-16-2-3-17(26)5-4-16/h6-11,16-17H,2-5,12H2,1H3,(H,22,24,27). The zero-order chi connectivity index (χ0) is 18.4. The number of nitrogens with one attached hydrogen (secondary N) is 1. The quantitative estimate of drug-likeness (QED) is 0.772. The van der Waals surface area contributed by atoms with Gasteiger partial charge in [0.05, 0.1) is 24.5 Å². The van der Waals surface area contributed by atoms with Crippen molar-refractivity contribution in [3.8, 4) is 11.1 Å². The number of hydrogen-bond acceptors (Lipinski definition) is 5. The van der Waals surface area contributed by atoms with Crippen LogP contribution in [0, 0.1) is 0 Å². The second kappa shape index (κ2) is 6.42. The number of aryl methyl sites for hydroxylation is 1. The van der Waals surface area contributed by atoms with E-state index in [4.69, 9.17) is 0 Å². The maximum Gasteiger partial charge on any atom is 0.239 e. The maximum atomic E-state index is 12.5. The molecule has 0 aliphatic carbocycles. The van der Waals surface area contributed by atoms with Gasteiger partial charge in [0.25, 0.3) is 0 Å². The summed E-state index contributed by atoms with van der Waals surface area (Å²) in [4.78, 5) is 23.7. The Bertz CT molecular complexity index is 993. The summed E-state index contributed by atoms with van der Waals surface area (Å²) in [6, 6.07) is 5.13. The Labute approximate surface area is 157 Å². The van der Waals surface area contributed by atoms with E-state index in [1.54, 1.807) is 10.9 Å². The summed E-state index contributed by atoms with van der Waals surface area (Å²) in [5.41, 5.74) is 2.81. The van der Waals surface area contributed by atoms with Crippen LogP contribution in [0.25, 0.3) is 22.0 Å². The Balaban J connectivity index is 1.35. The molecule has 0 saturated carbocycles. The smallest absolute Gasteiger partial charge is 0.239 e. The molecule has 2 fully saturated rings. The number of carbonyl (C=O) groups is 1. The van der Waals surface area contributed by atoms with Crippen molar-refractivity contribution >= 4 is 22.6 Å². The highest BCUT2D eigenvalue weighted by Gasteiger charge is 2.39. The lowest BCUT2D eigenvalue weighted by molar-refractivity contribution is -0.117. The first kappa shape index (κ1) is 16.4. The van der Waals surface area contributed by atoms with E-state index >= 15 is 0 Å². The molecule has 0 atom stereocenters. The predicted molar refractivity (Wildman–Crippen MR) is 103 cm³/mol. The van der Waals surface area contributed by atoms with Crippen LogP contribution >= 0.6 is 0 Å². The monoisotopic (exact) mass is 362 g/mol. The average Bonchev–Trinajstić information content (AvgIpc) is 3.37. The van der Waals surface area contributed by atoms with Crippen LogP contribution in [0.1, 0.15) is 25.7 Å². The molecule has 3 aromatic heterocycles. The number of aromatic nitrogens is 4. The summed E-state index contributed by atoms with van der Waals surface area (Å²) >= 11 is 0. The minimum atomic E-state index is 0.0111. The van der Waals surface area contributed by atoms with E-state index in [0.29, 0.717) is 24.4 Å². The Morgan fingerprint density at radius 2 is 1.85 bits per heavy atom. The molecule has 2 aliphatic heterocycles.